The van der Waals surface area contributed by atoms with Crippen LogP contribution in [0.1, 0.15) is 54.4 Å². The Balaban J connectivity index is 0.000000221. The molecule has 2 aromatic carbocycles. The maximum absolute atomic E-state index is 14.2. The molecule has 4 heterocycles. The van der Waals surface area contributed by atoms with Gasteiger partial charge >= 0.3 is 24.1 Å². The van der Waals surface area contributed by atoms with Crippen LogP contribution in [0.5, 0.6) is 23.1 Å². The standard InChI is InChI=1S/C20H23ClN2O6.C20H23FN2O6/c1-20(2,3)29-19(26)23-10-12(8-14(23)18(24)25)28-16-9-13-11(7-15(16)27-4)5-6-22-17(13)21;1-20(2,3)29-19(26)23-10-12(8-15(23)18(24)25)28-17-13-9-14(21)16(27-4)7-11(13)5-6-22-17/h5-7,9,12,14H,8,10H2,1-4H3,(H,24,25);5-7,9,12,15H,8,10H2,1-4H3,(H,24,25)/t12-,14+;12-,15+/m11/s1. The van der Waals surface area contributed by atoms with Crippen molar-refractivity contribution in [1.29, 1.82) is 0 Å². The Morgan fingerprint density at radius 2 is 1.19 bits per heavy atom. The molecule has 2 aliphatic heterocycles. The van der Waals surface area contributed by atoms with Gasteiger partial charge in [0.25, 0.3) is 0 Å². The molecule has 2 saturated heterocycles. The summed E-state index contributed by atoms with van der Waals surface area (Å²) in [5.41, 5.74) is -1.49. The van der Waals surface area contributed by atoms with E-state index in [1.165, 1.54) is 37.4 Å². The van der Waals surface area contributed by atoms with Crippen LogP contribution in [0.25, 0.3) is 21.5 Å². The second-order valence-electron chi connectivity index (χ2n) is 15.6. The van der Waals surface area contributed by atoms with Gasteiger partial charge < -0.3 is 38.6 Å². The number of fused-ring (bicyclic) bond motifs is 2. The number of aliphatic carboxylic acids is 2. The Hall–Kier alpha value is -5.84. The number of hydrogen-bond donors (Lipinski definition) is 2. The van der Waals surface area contributed by atoms with Crippen LogP contribution in [0.2, 0.25) is 5.15 Å². The molecule has 0 radical (unpaired) electrons. The van der Waals surface area contributed by atoms with Crippen LogP contribution in [-0.4, -0.2) is 117 Å². The van der Waals surface area contributed by atoms with Crippen LogP contribution in [-0.2, 0) is 19.1 Å². The average Bonchev–Trinajstić information content (AvgIpc) is 3.76. The van der Waals surface area contributed by atoms with E-state index in [2.05, 4.69) is 9.97 Å². The summed E-state index contributed by atoms with van der Waals surface area (Å²) in [6, 6.07) is 7.63. The van der Waals surface area contributed by atoms with Crippen LogP contribution in [0.4, 0.5) is 14.0 Å². The first-order valence-corrected chi connectivity index (χ1v) is 18.6. The lowest BCUT2D eigenvalue weighted by molar-refractivity contribution is -0.142. The summed E-state index contributed by atoms with van der Waals surface area (Å²) >= 11 is 6.18. The second kappa shape index (κ2) is 17.3. The number of ether oxygens (including phenoxy) is 6. The smallest absolute Gasteiger partial charge is 0.411 e. The number of aromatic nitrogens is 2. The van der Waals surface area contributed by atoms with Crippen LogP contribution >= 0.6 is 11.6 Å². The summed E-state index contributed by atoms with van der Waals surface area (Å²) < 4.78 is 47.1. The van der Waals surface area contributed by atoms with Crippen molar-refractivity contribution in [2.75, 3.05) is 27.3 Å². The molecule has 2 aliphatic rings. The zero-order valence-electron chi connectivity index (χ0n) is 33.3. The first kappa shape index (κ1) is 43.3. The van der Waals surface area contributed by atoms with Gasteiger partial charge in [0.15, 0.2) is 23.1 Å². The molecule has 4 atom stereocenters. The highest BCUT2D eigenvalue weighted by atomic mass is 35.5. The van der Waals surface area contributed by atoms with E-state index in [1.807, 2.05) is 0 Å². The predicted molar refractivity (Wildman–Crippen MR) is 208 cm³/mol. The maximum atomic E-state index is 14.2. The number of likely N-dealkylation sites (tertiary alicyclic amines) is 2. The number of carbonyl (C=O) groups excluding carboxylic acids is 2. The van der Waals surface area contributed by atoms with Gasteiger partial charge in [0.05, 0.1) is 27.3 Å². The molecular weight excluding hydrogens is 783 g/mol. The molecule has 6 rings (SSSR count). The Labute approximate surface area is 338 Å². The number of methoxy groups -OCH3 is 2. The average molecular weight is 829 g/mol. The first-order valence-electron chi connectivity index (χ1n) is 18.2. The minimum absolute atomic E-state index is 0.0165. The number of nitrogens with zero attached hydrogens (tertiary/aromatic N) is 4. The Morgan fingerprint density at radius 3 is 1.69 bits per heavy atom. The molecule has 18 heteroatoms. The van der Waals surface area contributed by atoms with Gasteiger partial charge in [0.1, 0.15) is 40.6 Å². The van der Waals surface area contributed by atoms with E-state index in [0.29, 0.717) is 32.8 Å². The van der Waals surface area contributed by atoms with Crippen molar-refractivity contribution >= 4 is 57.3 Å². The monoisotopic (exact) mass is 828 g/mol. The fourth-order valence-corrected chi connectivity index (χ4v) is 6.63. The maximum Gasteiger partial charge on any atom is 0.411 e. The van der Waals surface area contributed by atoms with E-state index >= 15 is 0 Å². The van der Waals surface area contributed by atoms with Gasteiger partial charge in [0, 0.05) is 36.0 Å². The molecule has 4 aromatic rings. The van der Waals surface area contributed by atoms with Crippen molar-refractivity contribution in [3.63, 3.8) is 0 Å². The molecule has 312 valence electrons. The van der Waals surface area contributed by atoms with Gasteiger partial charge in [-0.15, -0.1) is 0 Å². The first-order chi connectivity index (χ1) is 27.2. The van der Waals surface area contributed by atoms with Gasteiger partial charge in [-0.1, -0.05) is 11.6 Å². The van der Waals surface area contributed by atoms with Crippen molar-refractivity contribution in [3.05, 3.63) is 59.8 Å². The van der Waals surface area contributed by atoms with E-state index in [1.54, 1.807) is 72.0 Å². The van der Waals surface area contributed by atoms with E-state index in [-0.39, 0.29) is 37.6 Å². The number of carboxylic acids is 2. The molecule has 0 aliphatic carbocycles. The summed E-state index contributed by atoms with van der Waals surface area (Å²) in [5.74, 6) is -1.70. The van der Waals surface area contributed by atoms with Crippen molar-refractivity contribution in [2.45, 2.75) is 89.9 Å². The second-order valence-corrected chi connectivity index (χ2v) is 15.9. The number of halogens is 2. The van der Waals surface area contributed by atoms with E-state index in [4.69, 9.17) is 40.0 Å². The van der Waals surface area contributed by atoms with Gasteiger partial charge in [-0.25, -0.2) is 33.5 Å². The van der Waals surface area contributed by atoms with Crippen LogP contribution in [0.3, 0.4) is 0 Å². The van der Waals surface area contributed by atoms with Crippen LogP contribution in [0, 0.1) is 5.82 Å². The van der Waals surface area contributed by atoms with Gasteiger partial charge in [-0.05, 0) is 88.7 Å². The van der Waals surface area contributed by atoms with Crippen molar-refractivity contribution in [2.24, 2.45) is 0 Å². The van der Waals surface area contributed by atoms with Crippen LogP contribution in [0.15, 0.2) is 48.8 Å². The van der Waals surface area contributed by atoms with Crippen LogP contribution < -0.4 is 18.9 Å². The minimum atomic E-state index is -1.15. The van der Waals surface area contributed by atoms with Gasteiger partial charge in [-0.3, -0.25) is 9.80 Å². The third kappa shape index (κ3) is 10.4. The highest BCUT2D eigenvalue weighted by Crippen LogP contribution is 2.37. The quantitative estimate of drug-likeness (QED) is 0.173. The van der Waals surface area contributed by atoms with Gasteiger partial charge in [-0.2, -0.15) is 0 Å². The van der Waals surface area contributed by atoms with Crippen molar-refractivity contribution in [3.8, 4) is 23.1 Å². The number of benzene rings is 2. The topological polar surface area (TPSA) is 196 Å². The molecule has 0 bridgehead atoms. The zero-order chi connectivity index (χ0) is 42.7. The molecule has 2 aromatic heterocycles. The summed E-state index contributed by atoms with van der Waals surface area (Å²) in [6.07, 6.45) is 0.688. The molecule has 0 spiro atoms. The lowest BCUT2D eigenvalue weighted by Crippen LogP contribution is -2.43. The van der Waals surface area contributed by atoms with Gasteiger partial charge in [0.2, 0.25) is 5.88 Å². The van der Waals surface area contributed by atoms with E-state index in [0.717, 1.165) is 10.3 Å². The summed E-state index contributed by atoms with van der Waals surface area (Å²) in [6.45, 7) is 10.4. The summed E-state index contributed by atoms with van der Waals surface area (Å²) in [4.78, 5) is 58.7. The Kier molecular flexibility index (Phi) is 12.9. The highest BCUT2D eigenvalue weighted by molar-refractivity contribution is 6.34. The normalized spacial score (nSPS) is 19.3. The molecule has 0 unspecified atom stereocenters. The molecule has 2 fully saturated rings. The summed E-state index contributed by atoms with van der Waals surface area (Å²) in [5, 5.41) is 22.0. The fourth-order valence-electron chi connectivity index (χ4n) is 6.41. The highest BCUT2D eigenvalue weighted by Gasteiger charge is 2.44. The zero-order valence-corrected chi connectivity index (χ0v) is 34.0. The molecule has 0 saturated carbocycles. The SMILES string of the molecule is COc1cc2ccnc(Cl)c2cc1O[C@@H]1C[C@@H](C(=O)O)N(C(=O)OC(C)(C)C)C1.COc1cc2ccnc(O[C@@H]3C[C@@H](C(=O)O)N(C(=O)OC(C)(C)C)C3)c2cc1F. The number of rotatable bonds is 8. The number of amides is 2. The molecule has 2 N–H and O–H groups in total. The van der Waals surface area contributed by atoms with Crippen molar-refractivity contribution in [1.82, 2.24) is 19.8 Å². The number of carboxylic acid groups (broad SMARTS) is 2. The Bertz CT molecular complexity index is 2190. The summed E-state index contributed by atoms with van der Waals surface area (Å²) in [7, 11) is 2.89. The number of pyridine rings is 2. The minimum Gasteiger partial charge on any atom is -0.494 e. The Morgan fingerprint density at radius 1 is 0.707 bits per heavy atom. The molecular formula is C40H46ClFN4O12. The lowest BCUT2D eigenvalue weighted by Gasteiger charge is -2.26. The van der Waals surface area contributed by atoms with E-state index in [9.17, 15) is 33.8 Å². The van der Waals surface area contributed by atoms with Crippen molar-refractivity contribution < 1.29 is 62.2 Å². The lowest BCUT2D eigenvalue weighted by atomic mass is 10.1. The number of carbonyl (C=O) groups is 4. The predicted octanol–water partition coefficient (Wildman–Crippen LogP) is 6.96. The third-order valence-corrected chi connectivity index (χ3v) is 9.22. The molecule has 2 amide bonds. The fraction of sp³-hybridized carbons (Fsp3) is 0.450. The largest absolute Gasteiger partial charge is 0.494 e. The molecule has 16 nitrogen and oxygen atoms in total. The third-order valence-electron chi connectivity index (χ3n) is 8.92. The number of hydrogen-bond acceptors (Lipinski definition) is 12. The van der Waals surface area contributed by atoms with E-state index < -0.39 is 65.4 Å². The molecule has 58 heavy (non-hydrogen) atoms.